The highest BCUT2D eigenvalue weighted by Crippen LogP contribution is 2.33. The number of anilines is 1. The maximum Gasteiger partial charge on any atom is 0.325 e. The van der Waals surface area contributed by atoms with Crippen molar-refractivity contribution >= 4 is 40.8 Å². The van der Waals surface area contributed by atoms with Crippen LogP contribution in [0.2, 0.25) is 5.02 Å². The summed E-state index contributed by atoms with van der Waals surface area (Å²) in [4.78, 5) is 49.4. The van der Waals surface area contributed by atoms with Gasteiger partial charge in [-0.1, -0.05) is 36.7 Å². The lowest BCUT2D eigenvalue weighted by Crippen LogP contribution is -2.44. The van der Waals surface area contributed by atoms with Crippen molar-refractivity contribution < 1.29 is 19.3 Å². The summed E-state index contributed by atoms with van der Waals surface area (Å²) in [7, 11) is 0. The average Bonchev–Trinajstić information content (AvgIpc) is 2.95. The summed E-state index contributed by atoms with van der Waals surface area (Å²) >= 11 is 5.91. The third-order valence-corrected chi connectivity index (χ3v) is 5.37. The number of imide groups is 1. The highest BCUT2D eigenvalue weighted by molar-refractivity contribution is 6.30. The van der Waals surface area contributed by atoms with Gasteiger partial charge in [0.1, 0.15) is 12.1 Å². The van der Waals surface area contributed by atoms with Gasteiger partial charge in [-0.3, -0.25) is 24.6 Å². The number of hydrogen-bond donors (Lipinski definition) is 2. The Morgan fingerprint density at radius 2 is 1.90 bits per heavy atom. The molecule has 0 unspecified atom stereocenters. The lowest BCUT2D eigenvalue weighted by molar-refractivity contribution is -0.385. The summed E-state index contributed by atoms with van der Waals surface area (Å²) in [6, 6.07) is 10.1. The molecule has 0 aliphatic carbocycles. The summed E-state index contributed by atoms with van der Waals surface area (Å²) in [5, 5.41) is 16.8. The van der Waals surface area contributed by atoms with Crippen LogP contribution < -0.4 is 10.6 Å². The molecule has 1 aliphatic rings. The van der Waals surface area contributed by atoms with Gasteiger partial charge in [0.15, 0.2) is 0 Å². The van der Waals surface area contributed by atoms with E-state index in [1.165, 1.54) is 25.1 Å². The number of nitrogens with zero attached hydrogens (tertiary/aromatic N) is 2. The van der Waals surface area contributed by atoms with Crippen molar-refractivity contribution in [3.63, 3.8) is 0 Å². The van der Waals surface area contributed by atoms with Gasteiger partial charge in [-0.05, 0) is 37.1 Å². The van der Waals surface area contributed by atoms with Crippen LogP contribution in [0, 0.1) is 17.0 Å². The van der Waals surface area contributed by atoms with Crippen LogP contribution in [0.25, 0.3) is 0 Å². The standard InChI is InChI=1S/C20H19ClN4O5/c1-3-20(13-7-9-14(21)10-8-13)18(27)24(19(28)23-20)11-17(26)22-15-5-4-6-16(12(15)2)25(29)30/h4-10H,3,11H2,1-2H3,(H,22,26)(H,23,28)/t20-/m0/s1. The van der Waals surface area contributed by atoms with Crippen molar-refractivity contribution in [2.45, 2.75) is 25.8 Å². The molecule has 10 heteroatoms. The van der Waals surface area contributed by atoms with Crippen LogP contribution in [0.3, 0.4) is 0 Å². The Kier molecular flexibility index (Phi) is 5.75. The average molecular weight is 431 g/mol. The Labute approximate surface area is 177 Å². The molecule has 0 saturated carbocycles. The van der Waals surface area contributed by atoms with Crippen LogP contribution in [0.15, 0.2) is 42.5 Å². The maximum atomic E-state index is 13.1. The third-order valence-electron chi connectivity index (χ3n) is 5.12. The number of halogens is 1. The molecule has 0 aromatic heterocycles. The van der Waals surface area contributed by atoms with E-state index in [-0.39, 0.29) is 23.4 Å². The van der Waals surface area contributed by atoms with Crippen LogP contribution in [0.4, 0.5) is 16.2 Å². The van der Waals surface area contributed by atoms with Gasteiger partial charge in [0, 0.05) is 11.1 Å². The largest absolute Gasteiger partial charge is 0.325 e. The molecule has 0 radical (unpaired) electrons. The highest BCUT2D eigenvalue weighted by atomic mass is 35.5. The van der Waals surface area contributed by atoms with E-state index in [1.807, 2.05) is 0 Å². The monoisotopic (exact) mass is 430 g/mol. The fraction of sp³-hybridized carbons (Fsp3) is 0.250. The van der Waals surface area contributed by atoms with Crippen molar-refractivity contribution in [3.8, 4) is 0 Å². The Hall–Kier alpha value is -3.46. The maximum absolute atomic E-state index is 13.1. The first-order valence-electron chi connectivity index (χ1n) is 9.13. The van der Waals surface area contributed by atoms with E-state index in [9.17, 15) is 24.5 Å². The number of carbonyl (C=O) groups is 3. The van der Waals surface area contributed by atoms with Crippen molar-refractivity contribution in [2.24, 2.45) is 0 Å². The van der Waals surface area contributed by atoms with Gasteiger partial charge in [0.25, 0.3) is 11.6 Å². The minimum atomic E-state index is -1.29. The third kappa shape index (κ3) is 3.71. The first-order valence-corrected chi connectivity index (χ1v) is 9.51. The minimum Gasteiger partial charge on any atom is -0.324 e. The van der Waals surface area contributed by atoms with Gasteiger partial charge in [-0.25, -0.2) is 4.79 Å². The van der Waals surface area contributed by atoms with E-state index in [1.54, 1.807) is 31.2 Å². The van der Waals surface area contributed by atoms with Gasteiger partial charge in [0.05, 0.1) is 16.2 Å². The van der Waals surface area contributed by atoms with E-state index in [0.29, 0.717) is 10.6 Å². The highest BCUT2D eigenvalue weighted by Gasteiger charge is 2.51. The summed E-state index contributed by atoms with van der Waals surface area (Å²) in [5.74, 6) is -1.20. The van der Waals surface area contributed by atoms with Gasteiger partial charge in [0.2, 0.25) is 5.91 Å². The Balaban J connectivity index is 1.80. The predicted molar refractivity (Wildman–Crippen MR) is 110 cm³/mol. The Morgan fingerprint density at radius 3 is 2.50 bits per heavy atom. The van der Waals surface area contributed by atoms with Crippen LogP contribution >= 0.6 is 11.6 Å². The van der Waals surface area contributed by atoms with Gasteiger partial charge in [-0.15, -0.1) is 0 Å². The fourth-order valence-corrected chi connectivity index (χ4v) is 3.56. The number of hydrogen-bond acceptors (Lipinski definition) is 5. The number of nitro benzene ring substituents is 1. The predicted octanol–water partition coefficient (Wildman–Crippen LogP) is 3.35. The van der Waals surface area contributed by atoms with Crippen LogP contribution in [0.1, 0.15) is 24.5 Å². The molecule has 1 aliphatic heterocycles. The zero-order chi connectivity index (χ0) is 22.1. The van der Waals surface area contributed by atoms with Crippen molar-refractivity contribution in [1.82, 2.24) is 10.2 Å². The molecule has 2 aromatic carbocycles. The number of nitrogens with one attached hydrogen (secondary N) is 2. The SMILES string of the molecule is CC[C@@]1(c2ccc(Cl)cc2)NC(=O)N(CC(=O)Nc2cccc([N+](=O)[O-])c2C)C1=O. The molecule has 30 heavy (non-hydrogen) atoms. The topological polar surface area (TPSA) is 122 Å². The summed E-state index contributed by atoms with van der Waals surface area (Å²) in [6.07, 6.45) is 0.279. The minimum absolute atomic E-state index is 0.143. The zero-order valence-corrected chi connectivity index (χ0v) is 17.0. The number of urea groups is 1. The second-order valence-electron chi connectivity index (χ2n) is 6.84. The number of nitro groups is 1. The molecule has 1 atom stereocenters. The Morgan fingerprint density at radius 1 is 1.23 bits per heavy atom. The van der Waals surface area contributed by atoms with Crippen LogP contribution in [0.5, 0.6) is 0 Å². The zero-order valence-electron chi connectivity index (χ0n) is 16.3. The van der Waals surface area contributed by atoms with E-state index in [2.05, 4.69) is 10.6 Å². The smallest absolute Gasteiger partial charge is 0.324 e. The summed E-state index contributed by atoms with van der Waals surface area (Å²) in [6.45, 7) is 2.73. The van der Waals surface area contributed by atoms with E-state index in [4.69, 9.17) is 11.6 Å². The molecule has 1 fully saturated rings. The second kappa shape index (κ2) is 8.11. The molecule has 9 nitrogen and oxygen atoms in total. The van der Waals surface area contributed by atoms with E-state index in [0.717, 1.165) is 4.90 Å². The molecule has 0 bridgehead atoms. The van der Waals surface area contributed by atoms with Crippen LogP contribution in [-0.2, 0) is 15.1 Å². The first-order chi connectivity index (χ1) is 14.2. The van der Waals surface area contributed by atoms with E-state index >= 15 is 0 Å². The van der Waals surface area contributed by atoms with Gasteiger partial charge in [-0.2, -0.15) is 0 Å². The Bertz CT molecular complexity index is 1040. The molecule has 0 spiro atoms. The van der Waals surface area contributed by atoms with Crippen LogP contribution in [-0.4, -0.2) is 34.2 Å². The number of carbonyl (C=O) groups excluding carboxylic acids is 3. The molecular formula is C20H19ClN4O5. The summed E-state index contributed by atoms with van der Waals surface area (Å²) < 4.78 is 0. The number of benzene rings is 2. The quantitative estimate of drug-likeness (QED) is 0.413. The molecule has 1 heterocycles. The van der Waals surface area contributed by atoms with Crippen molar-refractivity contribution in [2.75, 3.05) is 11.9 Å². The summed E-state index contributed by atoms with van der Waals surface area (Å²) in [5.41, 5.74) is -0.359. The number of rotatable bonds is 6. The molecular weight excluding hydrogens is 412 g/mol. The van der Waals surface area contributed by atoms with Crippen molar-refractivity contribution in [3.05, 3.63) is 68.7 Å². The molecule has 4 amide bonds. The normalized spacial score (nSPS) is 18.3. The fourth-order valence-electron chi connectivity index (χ4n) is 3.43. The molecule has 1 saturated heterocycles. The molecule has 156 valence electrons. The molecule has 3 rings (SSSR count). The number of amides is 4. The van der Waals surface area contributed by atoms with Gasteiger partial charge >= 0.3 is 6.03 Å². The lowest BCUT2D eigenvalue weighted by Gasteiger charge is -2.25. The second-order valence-corrected chi connectivity index (χ2v) is 7.28. The van der Waals surface area contributed by atoms with E-state index < -0.39 is 34.9 Å². The van der Waals surface area contributed by atoms with Gasteiger partial charge < -0.3 is 10.6 Å². The molecule has 2 N–H and O–H groups in total. The molecule has 2 aromatic rings. The first kappa shape index (κ1) is 21.3. The van der Waals surface area contributed by atoms with Crippen molar-refractivity contribution in [1.29, 1.82) is 0 Å². The lowest BCUT2D eigenvalue weighted by atomic mass is 9.87.